The predicted octanol–water partition coefficient (Wildman–Crippen LogP) is 7.80. The number of fused-ring (bicyclic) bond motifs is 5. The molecule has 0 spiro atoms. The van der Waals surface area contributed by atoms with Gasteiger partial charge in [-0.3, -0.25) is 9.59 Å². The number of rotatable bonds is 6. The smallest absolute Gasteiger partial charge is 0.305 e. The molecule has 4 rings (SSSR count). The van der Waals surface area contributed by atoms with Gasteiger partial charge in [0.2, 0.25) is 0 Å². The van der Waals surface area contributed by atoms with Crippen LogP contribution in [0, 0.1) is 46.3 Å². The SMILES string of the molecule is COC(=O)CC[C@H](C)[C@H]1CC[C@H]2[C@@H]3C(=O)C[C@@H]4C[C@H](O[Si](C)(C)C(C)(C)C)CC[C@]4(C)[C@H]3CC[C@]12C. The fraction of sp³-hybridized carbons (Fsp3) is 0.935. The predicted molar refractivity (Wildman–Crippen MR) is 148 cm³/mol. The molecular formula is C31H54O4Si. The first-order chi connectivity index (χ1) is 16.6. The number of carbonyl (C=O) groups excluding carboxylic acids is 2. The van der Waals surface area contributed by atoms with Crippen molar-refractivity contribution < 1.29 is 18.8 Å². The molecule has 5 heteroatoms. The molecule has 0 aromatic carbocycles. The Morgan fingerprint density at radius 2 is 1.69 bits per heavy atom. The van der Waals surface area contributed by atoms with E-state index in [0.717, 1.165) is 25.7 Å². The van der Waals surface area contributed by atoms with Gasteiger partial charge in [-0.25, -0.2) is 0 Å². The van der Waals surface area contributed by atoms with Crippen LogP contribution < -0.4 is 0 Å². The second kappa shape index (κ2) is 9.81. The van der Waals surface area contributed by atoms with Crippen molar-refractivity contribution in [1.29, 1.82) is 0 Å². The molecule has 4 saturated carbocycles. The van der Waals surface area contributed by atoms with Crippen LogP contribution in [0.3, 0.4) is 0 Å². The number of ketones is 1. The molecule has 0 bridgehead atoms. The molecule has 0 radical (unpaired) electrons. The molecule has 4 nitrogen and oxygen atoms in total. The minimum atomic E-state index is -1.80. The molecule has 0 unspecified atom stereocenters. The van der Waals surface area contributed by atoms with Gasteiger partial charge in [-0.2, -0.15) is 0 Å². The van der Waals surface area contributed by atoms with Crippen LogP contribution in [0.1, 0.15) is 106 Å². The van der Waals surface area contributed by atoms with Crippen molar-refractivity contribution in [2.24, 2.45) is 46.3 Å². The molecule has 0 amide bonds. The highest BCUT2D eigenvalue weighted by Gasteiger charge is 2.63. The summed E-state index contributed by atoms with van der Waals surface area (Å²) >= 11 is 0. The Morgan fingerprint density at radius 3 is 2.33 bits per heavy atom. The lowest BCUT2D eigenvalue weighted by Gasteiger charge is -2.61. The van der Waals surface area contributed by atoms with Gasteiger partial charge in [0.15, 0.2) is 8.32 Å². The van der Waals surface area contributed by atoms with E-state index in [4.69, 9.17) is 9.16 Å². The molecule has 0 aromatic heterocycles. The van der Waals surface area contributed by atoms with Crippen LogP contribution in [0.25, 0.3) is 0 Å². The Balaban J connectivity index is 1.48. The standard InChI is InChI=1S/C31H54O4Si/c1-20(10-13-27(33)34-7)23-11-12-24-28-25(15-17-31(23,24)6)30(5)16-14-22(18-21(30)19-26(28)32)35-36(8,9)29(2,3)4/h20-25,28H,10-19H2,1-9H3/t20-,21-,22+,23+,24-,25-,28-,30-,31+/m0/s1. The molecule has 36 heavy (non-hydrogen) atoms. The van der Waals surface area contributed by atoms with Gasteiger partial charge in [0.25, 0.3) is 0 Å². The van der Waals surface area contributed by atoms with Crippen LogP contribution in [0.2, 0.25) is 18.1 Å². The second-order valence-corrected chi connectivity index (χ2v) is 20.0. The zero-order valence-electron chi connectivity index (χ0n) is 24.7. The molecule has 0 heterocycles. The third kappa shape index (κ3) is 4.78. The van der Waals surface area contributed by atoms with Crippen LogP contribution in [-0.4, -0.2) is 33.3 Å². The van der Waals surface area contributed by atoms with E-state index < -0.39 is 8.32 Å². The van der Waals surface area contributed by atoms with Gasteiger partial charge in [0.05, 0.1) is 7.11 Å². The minimum absolute atomic E-state index is 0.0974. The van der Waals surface area contributed by atoms with E-state index in [2.05, 4.69) is 54.6 Å². The van der Waals surface area contributed by atoms with Crippen molar-refractivity contribution in [2.75, 3.05) is 7.11 Å². The zero-order valence-corrected chi connectivity index (χ0v) is 25.7. The molecule has 206 valence electrons. The summed E-state index contributed by atoms with van der Waals surface area (Å²) in [5, 5.41) is 0.224. The Bertz CT molecular complexity index is 846. The van der Waals surface area contributed by atoms with Gasteiger partial charge >= 0.3 is 5.97 Å². The topological polar surface area (TPSA) is 52.6 Å². The summed E-state index contributed by atoms with van der Waals surface area (Å²) in [7, 11) is -0.318. The fourth-order valence-corrected chi connectivity index (χ4v) is 10.6. The van der Waals surface area contributed by atoms with Gasteiger partial charge < -0.3 is 9.16 Å². The quantitative estimate of drug-likeness (QED) is 0.266. The number of hydrogen-bond acceptors (Lipinski definition) is 4. The largest absolute Gasteiger partial charge is 0.469 e. The highest BCUT2D eigenvalue weighted by Crippen LogP contribution is 2.67. The maximum absolute atomic E-state index is 13.9. The molecule has 0 saturated heterocycles. The highest BCUT2D eigenvalue weighted by molar-refractivity contribution is 6.74. The van der Waals surface area contributed by atoms with Gasteiger partial charge in [-0.05, 0) is 110 Å². The lowest BCUT2D eigenvalue weighted by atomic mass is 9.44. The fourth-order valence-electron chi connectivity index (χ4n) is 9.22. The monoisotopic (exact) mass is 518 g/mol. The maximum atomic E-state index is 13.9. The van der Waals surface area contributed by atoms with Gasteiger partial charge in [-0.1, -0.05) is 41.5 Å². The minimum Gasteiger partial charge on any atom is -0.469 e. The number of carbonyl (C=O) groups is 2. The van der Waals surface area contributed by atoms with Crippen molar-refractivity contribution in [3.8, 4) is 0 Å². The first-order valence-corrected chi connectivity index (χ1v) is 17.8. The first-order valence-electron chi connectivity index (χ1n) is 14.9. The van der Waals surface area contributed by atoms with Crippen molar-refractivity contribution in [1.82, 2.24) is 0 Å². The summed E-state index contributed by atoms with van der Waals surface area (Å²) < 4.78 is 11.8. The van der Waals surface area contributed by atoms with E-state index in [-0.39, 0.29) is 27.8 Å². The average molecular weight is 519 g/mol. The van der Waals surface area contributed by atoms with Crippen LogP contribution in [-0.2, 0) is 18.8 Å². The average Bonchev–Trinajstić information content (AvgIpc) is 3.14. The second-order valence-electron chi connectivity index (χ2n) is 15.2. The summed E-state index contributed by atoms with van der Waals surface area (Å²) in [6.45, 7) is 19.1. The van der Waals surface area contributed by atoms with Crippen LogP contribution in [0.15, 0.2) is 0 Å². The molecular weight excluding hydrogens is 464 g/mol. The van der Waals surface area contributed by atoms with Crippen LogP contribution in [0.5, 0.6) is 0 Å². The van der Waals surface area contributed by atoms with E-state index >= 15 is 0 Å². The highest BCUT2D eigenvalue weighted by atomic mass is 28.4. The first kappa shape index (κ1) is 28.3. The normalized spacial score (nSPS) is 41.8. The Morgan fingerprint density at radius 1 is 1.06 bits per heavy atom. The summed E-state index contributed by atoms with van der Waals surface area (Å²) in [5.74, 6) is 3.37. The van der Waals surface area contributed by atoms with E-state index in [1.807, 2.05) is 0 Å². The Hall–Kier alpha value is -0.683. The van der Waals surface area contributed by atoms with E-state index in [1.165, 1.54) is 39.2 Å². The zero-order chi connectivity index (χ0) is 26.7. The van der Waals surface area contributed by atoms with Crippen molar-refractivity contribution in [2.45, 2.75) is 130 Å². The number of hydrogen-bond donors (Lipinski definition) is 0. The number of ether oxygens (including phenoxy) is 1. The van der Waals surface area contributed by atoms with Crippen molar-refractivity contribution >= 4 is 20.1 Å². The summed E-state index contributed by atoms with van der Waals surface area (Å²) in [6, 6.07) is 0. The van der Waals surface area contributed by atoms with E-state index in [1.54, 1.807) is 0 Å². The maximum Gasteiger partial charge on any atom is 0.305 e. The van der Waals surface area contributed by atoms with Crippen molar-refractivity contribution in [3.05, 3.63) is 0 Å². The molecule has 0 N–H and O–H groups in total. The van der Waals surface area contributed by atoms with Crippen LogP contribution in [0.4, 0.5) is 0 Å². The summed E-state index contributed by atoms with van der Waals surface area (Å²) in [5.41, 5.74) is 0.514. The third-order valence-electron chi connectivity index (χ3n) is 12.5. The molecule has 9 atom stereocenters. The lowest BCUT2D eigenvalue weighted by molar-refractivity contribution is -0.160. The molecule has 4 aliphatic rings. The number of Topliss-reactive ketones (excluding diaryl/α,β-unsaturated/α-hetero) is 1. The van der Waals surface area contributed by atoms with E-state index in [0.29, 0.717) is 47.9 Å². The number of methoxy groups -OCH3 is 1. The van der Waals surface area contributed by atoms with Crippen molar-refractivity contribution in [3.63, 3.8) is 0 Å². The molecule has 0 aromatic rings. The van der Waals surface area contributed by atoms with Crippen LogP contribution >= 0.6 is 0 Å². The summed E-state index contributed by atoms with van der Waals surface area (Å²) in [4.78, 5) is 25.7. The summed E-state index contributed by atoms with van der Waals surface area (Å²) in [6.07, 6.45) is 10.8. The Labute approximate surface area is 222 Å². The van der Waals surface area contributed by atoms with Gasteiger partial charge in [0.1, 0.15) is 5.78 Å². The number of esters is 1. The third-order valence-corrected chi connectivity index (χ3v) is 17.0. The van der Waals surface area contributed by atoms with Gasteiger partial charge in [0, 0.05) is 24.9 Å². The molecule has 4 fully saturated rings. The lowest BCUT2D eigenvalue weighted by Crippen LogP contribution is -2.58. The van der Waals surface area contributed by atoms with E-state index in [9.17, 15) is 9.59 Å². The molecule has 0 aliphatic heterocycles. The molecule has 4 aliphatic carbocycles. The van der Waals surface area contributed by atoms with Gasteiger partial charge in [-0.15, -0.1) is 0 Å². The Kier molecular flexibility index (Phi) is 7.72.